The number of nitrogens with one attached hydrogen (secondary N) is 1. The quantitative estimate of drug-likeness (QED) is 0.621. The Balaban J connectivity index is 2.80. The van der Waals surface area contributed by atoms with Crippen molar-refractivity contribution in [3.63, 3.8) is 0 Å². The topological polar surface area (TPSA) is 12.0 Å². The van der Waals surface area contributed by atoms with Crippen molar-refractivity contribution in [2.45, 2.75) is 31.9 Å². The number of hydrogen-bond donors (Lipinski definition) is 2. The molecule has 1 aromatic carbocycles. The van der Waals surface area contributed by atoms with Crippen molar-refractivity contribution in [1.82, 2.24) is 5.32 Å². The van der Waals surface area contributed by atoms with Crippen molar-refractivity contribution < 1.29 is 13.2 Å². The lowest BCUT2D eigenvalue weighted by molar-refractivity contribution is -0.137. The summed E-state index contributed by atoms with van der Waals surface area (Å²) < 4.78 is 37.9. The molecule has 18 heavy (non-hydrogen) atoms. The van der Waals surface area contributed by atoms with Crippen LogP contribution in [0.1, 0.15) is 25.0 Å². The van der Waals surface area contributed by atoms with E-state index in [1.165, 1.54) is 6.07 Å². The average molecular weight is 298 g/mol. The molecule has 0 aliphatic heterocycles. The first-order chi connectivity index (χ1) is 8.21. The third-order valence-corrected chi connectivity index (χ3v) is 3.59. The monoisotopic (exact) mass is 297 g/mol. The van der Waals surface area contributed by atoms with Crippen molar-refractivity contribution in [2.24, 2.45) is 5.92 Å². The molecule has 1 atom stereocenters. The van der Waals surface area contributed by atoms with E-state index in [4.69, 9.17) is 11.6 Å². The van der Waals surface area contributed by atoms with Gasteiger partial charge in [0.1, 0.15) is 0 Å². The third-order valence-electron chi connectivity index (χ3n) is 2.48. The molecule has 0 aliphatic carbocycles. The fourth-order valence-corrected chi connectivity index (χ4v) is 1.67. The Morgan fingerprint density at radius 2 is 1.94 bits per heavy atom. The minimum atomic E-state index is -4.43. The molecule has 1 unspecified atom stereocenters. The highest BCUT2D eigenvalue weighted by molar-refractivity contribution is 7.80. The number of halogens is 4. The molecule has 0 aromatic heterocycles. The van der Waals surface area contributed by atoms with Gasteiger partial charge in [-0.05, 0) is 23.6 Å². The van der Waals surface area contributed by atoms with Crippen molar-refractivity contribution in [3.8, 4) is 0 Å². The minimum Gasteiger partial charge on any atom is -0.301 e. The standard InChI is InChI=1S/C12H15ClF3NS/c1-7(2)11(18)17-6-8-3-4-10(13)9(5-8)12(14,15)16/h3-5,7,11,17-18H,6H2,1-2H3. The van der Waals surface area contributed by atoms with E-state index in [-0.39, 0.29) is 10.4 Å². The molecule has 0 fully saturated rings. The van der Waals surface area contributed by atoms with Crippen LogP contribution in [0.4, 0.5) is 13.2 Å². The Bertz CT molecular complexity index is 407. The van der Waals surface area contributed by atoms with Gasteiger partial charge in [0, 0.05) is 6.54 Å². The van der Waals surface area contributed by atoms with Crippen LogP contribution in [0.25, 0.3) is 0 Å². The van der Waals surface area contributed by atoms with Gasteiger partial charge in [0.15, 0.2) is 0 Å². The van der Waals surface area contributed by atoms with Gasteiger partial charge in [-0.3, -0.25) is 0 Å². The molecule has 102 valence electrons. The van der Waals surface area contributed by atoms with Crippen LogP contribution < -0.4 is 5.32 Å². The normalized spacial score (nSPS) is 14.0. The van der Waals surface area contributed by atoms with E-state index in [0.717, 1.165) is 6.07 Å². The molecular formula is C12H15ClF3NS. The highest BCUT2D eigenvalue weighted by atomic mass is 35.5. The summed E-state index contributed by atoms with van der Waals surface area (Å²) in [5, 5.41) is 2.71. The van der Waals surface area contributed by atoms with Gasteiger partial charge < -0.3 is 5.32 Å². The largest absolute Gasteiger partial charge is 0.417 e. The average Bonchev–Trinajstić information content (AvgIpc) is 2.25. The summed E-state index contributed by atoms with van der Waals surface area (Å²) in [7, 11) is 0. The number of alkyl halides is 3. The summed E-state index contributed by atoms with van der Waals surface area (Å²) in [6, 6.07) is 3.91. The molecule has 0 spiro atoms. The van der Waals surface area contributed by atoms with E-state index in [2.05, 4.69) is 17.9 Å². The van der Waals surface area contributed by atoms with Gasteiger partial charge in [-0.2, -0.15) is 25.8 Å². The number of thiol groups is 1. The second kappa shape index (κ2) is 6.17. The smallest absolute Gasteiger partial charge is 0.301 e. The lowest BCUT2D eigenvalue weighted by Gasteiger charge is -2.17. The number of benzene rings is 1. The van der Waals surface area contributed by atoms with Gasteiger partial charge in [-0.25, -0.2) is 0 Å². The summed E-state index contributed by atoms with van der Waals surface area (Å²) in [4.78, 5) is 0. The molecule has 0 amide bonds. The molecule has 1 rings (SSSR count). The Labute approximate surface area is 115 Å². The predicted octanol–water partition coefficient (Wildman–Crippen LogP) is 4.36. The van der Waals surface area contributed by atoms with Crippen LogP contribution in [0.2, 0.25) is 5.02 Å². The summed E-state index contributed by atoms with van der Waals surface area (Å²) >= 11 is 9.84. The van der Waals surface area contributed by atoms with E-state index in [1.54, 1.807) is 6.07 Å². The molecule has 6 heteroatoms. The lowest BCUT2D eigenvalue weighted by atomic mass is 10.1. The molecular weight excluding hydrogens is 283 g/mol. The van der Waals surface area contributed by atoms with Crippen LogP contribution in [-0.2, 0) is 12.7 Å². The zero-order chi connectivity index (χ0) is 13.9. The van der Waals surface area contributed by atoms with Crippen LogP contribution in [0.15, 0.2) is 18.2 Å². The molecule has 0 heterocycles. The molecule has 0 saturated heterocycles. The molecule has 0 aliphatic rings. The molecule has 1 aromatic rings. The highest BCUT2D eigenvalue weighted by Gasteiger charge is 2.33. The maximum Gasteiger partial charge on any atom is 0.417 e. The second-order valence-corrected chi connectivity index (χ2v) is 5.35. The Hall–Kier alpha value is -0.390. The number of rotatable bonds is 4. The molecule has 0 saturated carbocycles. The minimum absolute atomic E-state index is 0.0602. The summed E-state index contributed by atoms with van der Waals surface area (Å²) in [5.41, 5.74) is -0.268. The maximum atomic E-state index is 12.6. The third kappa shape index (κ3) is 4.37. The summed E-state index contributed by atoms with van der Waals surface area (Å²) in [5.74, 6) is 0.294. The fourth-order valence-electron chi connectivity index (χ4n) is 1.36. The van der Waals surface area contributed by atoms with Gasteiger partial charge >= 0.3 is 6.18 Å². The SMILES string of the molecule is CC(C)C(S)NCc1ccc(Cl)c(C(F)(F)F)c1. The van der Waals surface area contributed by atoms with Gasteiger partial charge in [0.2, 0.25) is 0 Å². The van der Waals surface area contributed by atoms with Crippen LogP contribution >= 0.6 is 24.2 Å². The van der Waals surface area contributed by atoms with Crippen molar-refractivity contribution in [1.29, 1.82) is 0 Å². The zero-order valence-electron chi connectivity index (χ0n) is 10.1. The fraction of sp³-hybridized carbons (Fsp3) is 0.500. The molecule has 0 radical (unpaired) electrons. The van der Waals surface area contributed by atoms with Crippen LogP contribution in [-0.4, -0.2) is 5.37 Å². The van der Waals surface area contributed by atoms with Crippen molar-refractivity contribution in [3.05, 3.63) is 34.3 Å². The first-order valence-electron chi connectivity index (χ1n) is 5.49. The van der Waals surface area contributed by atoms with Crippen LogP contribution in [0, 0.1) is 5.92 Å². The van der Waals surface area contributed by atoms with E-state index in [0.29, 0.717) is 18.0 Å². The Kier molecular flexibility index (Phi) is 5.37. The first-order valence-corrected chi connectivity index (χ1v) is 6.38. The lowest BCUT2D eigenvalue weighted by Crippen LogP contribution is -2.28. The van der Waals surface area contributed by atoms with E-state index in [1.807, 2.05) is 13.8 Å². The van der Waals surface area contributed by atoms with Gasteiger partial charge in [-0.1, -0.05) is 31.5 Å². The molecule has 1 nitrogen and oxygen atoms in total. The Morgan fingerprint density at radius 1 is 1.33 bits per heavy atom. The van der Waals surface area contributed by atoms with E-state index in [9.17, 15) is 13.2 Å². The van der Waals surface area contributed by atoms with E-state index >= 15 is 0 Å². The summed E-state index contributed by atoms with van der Waals surface area (Å²) in [6.07, 6.45) is -4.43. The van der Waals surface area contributed by atoms with Crippen molar-refractivity contribution >= 4 is 24.2 Å². The summed E-state index contributed by atoms with van der Waals surface area (Å²) in [6.45, 7) is 4.29. The first kappa shape index (κ1) is 15.7. The highest BCUT2D eigenvalue weighted by Crippen LogP contribution is 2.35. The Morgan fingerprint density at radius 3 is 2.44 bits per heavy atom. The second-order valence-electron chi connectivity index (χ2n) is 4.38. The molecule has 0 bridgehead atoms. The van der Waals surface area contributed by atoms with Crippen LogP contribution in [0.3, 0.4) is 0 Å². The predicted molar refractivity (Wildman–Crippen MR) is 70.9 cm³/mol. The maximum absolute atomic E-state index is 12.6. The number of hydrogen-bond acceptors (Lipinski definition) is 2. The van der Waals surface area contributed by atoms with Crippen LogP contribution in [0.5, 0.6) is 0 Å². The van der Waals surface area contributed by atoms with Crippen molar-refractivity contribution in [2.75, 3.05) is 0 Å². The molecule has 1 N–H and O–H groups in total. The van der Waals surface area contributed by atoms with Gasteiger partial charge in [0.25, 0.3) is 0 Å². The van der Waals surface area contributed by atoms with Gasteiger partial charge in [-0.15, -0.1) is 0 Å². The van der Waals surface area contributed by atoms with E-state index < -0.39 is 11.7 Å². The zero-order valence-corrected chi connectivity index (χ0v) is 11.7. The van der Waals surface area contributed by atoms with Gasteiger partial charge in [0.05, 0.1) is 16.0 Å².